The molecule has 342 valence electrons. The third-order valence-corrected chi connectivity index (χ3v) is 9.86. The van der Waals surface area contributed by atoms with Crippen molar-refractivity contribution in [2.24, 2.45) is 0 Å². The van der Waals surface area contributed by atoms with Crippen molar-refractivity contribution in [3.05, 3.63) is 122 Å². The Balaban J connectivity index is 2.38. The van der Waals surface area contributed by atoms with Crippen molar-refractivity contribution in [1.29, 1.82) is 0 Å². The highest BCUT2D eigenvalue weighted by Crippen LogP contribution is 2.38. The van der Waals surface area contributed by atoms with Crippen molar-refractivity contribution in [3.63, 3.8) is 0 Å². The molecule has 10 nitrogen and oxygen atoms in total. The number of carbonyl (C=O) groups is 2. The standard InChI is InChI=1S/C50H78NO9P/c1-6-8-10-11-12-13-14-15-16-17-18-19-23-26-29-32-36-40-49(52)56-44-46(45-58-61(54,55)57-43-42-51(3,4)5)59-50(53)41-37-33-30-27-24-21-20-22-25-28-31-35-39-48-47(60-48)38-34-9-7-2/h8-10,12-13,15-16,18-19,21-22,24-26,29-31,33-35,46-48H,6-7,11,14,17,20,23,27-28,32,36-45H2,1-5H3/b10-8-,13-12-,16-15-,19-18-,24-21-,25-22-,29-26-,33-30-,34-9-,35-31-/t46-,47?,48?/m1/s1. The number of phosphoric acid groups is 1. The van der Waals surface area contributed by atoms with Gasteiger partial charge in [-0.1, -0.05) is 135 Å². The van der Waals surface area contributed by atoms with Gasteiger partial charge in [0, 0.05) is 12.8 Å². The topological polar surface area (TPSA) is 124 Å². The number of esters is 2. The molecule has 0 amide bonds. The number of rotatable bonds is 37. The van der Waals surface area contributed by atoms with Gasteiger partial charge in [-0.15, -0.1) is 0 Å². The molecule has 0 N–H and O–H groups in total. The van der Waals surface area contributed by atoms with Gasteiger partial charge in [0.2, 0.25) is 0 Å². The van der Waals surface area contributed by atoms with Crippen LogP contribution in [0.25, 0.3) is 0 Å². The number of phosphoric ester groups is 1. The van der Waals surface area contributed by atoms with E-state index in [4.69, 9.17) is 23.3 Å². The van der Waals surface area contributed by atoms with E-state index >= 15 is 0 Å². The summed E-state index contributed by atoms with van der Waals surface area (Å²) in [6.45, 7) is 3.80. The minimum Gasteiger partial charge on any atom is -0.756 e. The fourth-order valence-corrected chi connectivity index (χ4v) is 6.07. The predicted octanol–water partition coefficient (Wildman–Crippen LogP) is 11.3. The van der Waals surface area contributed by atoms with Gasteiger partial charge in [0.05, 0.1) is 40.0 Å². The first-order chi connectivity index (χ1) is 29.5. The Kier molecular flexibility index (Phi) is 33.6. The Labute approximate surface area is 369 Å². The van der Waals surface area contributed by atoms with E-state index in [0.717, 1.165) is 70.6 Å². The van der Waals surface area contributed by atoms with Crippen LogP contribution >= 0.6 is 7.82 Å². The van der Waals surface area contributed by atoms with Crippen LogP contribution in [0.1, 0.15) is 117 Å². The Hall–Kier alpha value is -3.63. The average molecular weight is 868 g/mol. The van der Waals surface area contributed by atoms with Gasteiger partial charge in [-0.3, -0.25) is 14.2 Å². The number of hydrogen-bond donors (Lipinski definition) is 0. The Morgan fingerprint density at radius 1 is 0.590 bits per heavy atom. The van der Waals surface area contributed by atoms with Crippen LogP contribution in [0.2, 0.25) is 0 Å². The molecule has 1 rings (SSSR count). The molecule has 0 saturated carbocycles. The maximum Gasteiger partial charge on any atom is 0.306 e. The molecular formula is C50H78NO9P. The zero-order chi connectivity index (χ0) is 44.7. The first-order valence-corrected chi connectivity index (χ1v) is 23.8. The van der Waals surface area contributed by atoms with Crippen LogP contribution in [-0.2, 0) is 37.4 Å². The molecule has 1 fully saturated rings. The summed E-state index contributed by atoms with van der Waals surface area (Å²) in [5.74, 6) is -1.02. The molecule has 0 spiro atoms. The number of ether oxygens (including phenoxy) is 3. The number of allylic oxidation sites excluding steroid dienone is 18. The molecule has 0 aromatic heterocycles. The van der Waals surface area contributed by atoms with Gasteiger partial charge < -0.3 is 32.6 Å². The van der Waals surface area contributed by atoms with Crippen LogP contribution < -0.4 is 4.89 Å². The van der Waals surface area contributed by atoms with Crippen LogP contribution in [0.5, 0.6) is 0 Å². The van der Waals surface area contributed by atoms with Gasteiger partial charge in [-0.05, 0) is 89.9 Å². The van der Waals surface area contributed by atoms with Gasteiger partial charge in [-0.2, -0.15) is 0 Å². The van der Waals surface area contributed by atoms with E-state index in [0.29, 0.717) is 42.5 Å². The molecule has 1 saturated heterocycles. The number of likely N-dealkylation sites (N-methyl/N-ethyl adjacent to an activating group) is 1. The summed E-state index contributed by atoms with van der Waals surface area (Å²) in [4.78, 5) is 37.5. The molecule has 4 atom stereocenters. The molecule has 11 heteroatoms. The highest BCUT2D eigenvalue weighted by molar-refractivity contribution is 7.45. The lowest BCUT2D eigenvalue weighted by atomic mass is 10.1. The Morgan fingerprint density at radius 2 is 1.03 bits per heavy atom. The third-order valence-electron chi connectivity index (χ3n) is 8.89. The van der Waals surface area contributed by atoms with Crippen molar-refractivity contribution in [2.45, 2.75) is 135 Å². The van der Waals surface area contributed by atoms with E-state index < -0.39 is 32.5 Å². The van der Waals surface area contributed by atoms with Crippen molar-refractivity contribution in [2.75, 3.05) is 47.5 Å². The largest absolute Gasteiger partial charge is 0.756 e. The normalized spacial score (nSPS) is 18.0. The minimum absolute atomic E-state index is 0.0630. The van der Waals surface area contributed by atoms with Gasteiger partial charge in [0.1, 0.15) is 19.8 Å². The average Bonchev–Trinajstić information content (AvgIpc) is 3.97. The number of quaternary nitrogens is 1. The molecule has 61 heavy (non-hydrogen) atoms. The van der Waals surface area contributed by atoms with E-state index in [-0.39, 0.29) is 26.1 Å². The lowest BCUT2D eigenvalue weighted by Gasteiger charge is -2.28. The first kappa shape index (κ1) is 55.4. The lowest BCUT2D eigenvalue weighted by molar-refractivity contribution is -0.870. The third kappa shape index (κ3) is 37.8. The number of epoxide rings is 1. The minimum atomic E-state index is -4.67. The Bertz CT molecular complexity index is 1510. The van der Waals surface area contributed by atoms with Crippen molar-refractivity contribution in [1.82, 2.24) is 0 Å². The van der Waals surface area contributed by atoms with Crippen molar-refractivity contribution in [3.8, 4) is 0 Å². The second-order valence-corrected chi connectivity index (χ2v) is 17.1. The fraction of sp³-hybridized carbons (Fsp3) is 0.560. The second kappa shape index (κ2) is 37.0. The summed E-state index contributed by atoms with van der Waals surface area (Å²) in [6, 6.07) is 0. The van der Waals surface area contributed by atoms with Gasteiger partial charge in [-0.25, -0.2) is 0 Å². The van der Waals surface area contributed by atoms with Crippen LogP contribution in [0.4, 0.5) is 0 Å². The van der Waals surface area contributed by atoms with Crippen LogP contribution in [0, 0.1) is 0 Å². The zero-order valence-corrected chi connectivity index (χ0v) is 38.9. The fourth-order valence-electron chi connectivity index (χ4n) is 5.34. The number of unbranched alkanes of at least 4 members (excludes halogenated alkanes) is 1. The van der Waals surface area contributed by atoms with Gasteiger partial charge in [0.15, 0.2) is 6.10 Å². The number of carbonyl (C=O) groups excluding carboxylic acids is 2. The van der Waals surface area contributed by atoms with Crippen molar-refractivity contribution >= 4 is 19.8 Å². The van der Waals surface area contributed by atoms with E-state index in [9.17, 15) is 19.0 Å². The maximum absolute atomic E-state index is 12.7. The van der Waals surface area contributed by atoms with Crippen LogP contribution in [0.15, 0.2) is 122 Å². The van der Waals surface area contributed by atoms with Gasteiger partial charge in [0.25, 0.3) is 7.82 Å². The van der Waals surface area contributed by atoms with Crippen LogP contribution in [0.3, 0.4) is 0 Å². The van der Waals surface area contributed by atoms with Crippen LogP contribution in [-0.4, -0.2) is 82.2 Å². The quantitative estimate of drug-likeness (QED) is 0.0150. The molecule has 0 aromatic rings. The molecule has 3 unspecified atom stereocenters. The SMILES string of the molecule is CC/C=C\C/C=C\C/C=C\C/C=C\C/C=C\CCCC(=O)OC[C@H](COP(=O)([O-])OCC[N+](C)(C)C)OC(=O)CC/C=C\C/C=C\C/C=C\C/C=C\CC1OC1C/C=C\CC. The summed E-state index contributed by atoms with van der Waals surface area (Å²) in [7, 11) is 1.06. The highest BCUT2D eigenvalue weighted by Gasteiger charge is 2.36. The zero-order valence-electron chi connectivity index (χ0n) is 38.0. The predicted molar refractivity (Wildman–Crippen MR) is 249 cm³/mol. The summed E-state index contributed by atoms with van der Waals surface area (Å²) in [6.07, 6.45) is 54.4. The summed E-state index contributed by atoms with van der Waals surface area (Å²) in [5, 5.41) is 0. The smallest absolute Gasteiger partial charge is 0.306 e. The van der Waals surface area contributed by atoms with E-state index in [1.165, 1.54) is 0 Å². The lowest BCUT2D eigenvalue weighted by Crippen LogP contribution is -2.37. The molecule has 0 bridgehead atoms. The number of hydrogen-bond acceptors (Lipinski definition) is 9. The first-order valence-electron chi connectivity index (χ1n) is 22.4. The van der Waals surface area contributed by atoms with Crippen molar-refractivity contribution < 1.29 is 46.8 Å². The molecule has 0 aliphatic carbocycles. The summed E-state index contributed by atoms with van der Waals surface area (Å²) in [5.41, 5.74) is 0. The highest BCUT2D eigenvalue weighted by atomic mass is 31.2. The molecule has 1 aliphatic heterocycles. The second-order valence-electron chi connectivity index (χ2n) is 15.7. The number of nitrogens with zero attached hydrogens (tertiary/aromatic N) is 1. The summed E-state index contributed by atoms with van der Waals surface area (Å²) >= 11 is 0. The van der Waals surface area contributed by atoms with E-state index in [1.807, 2.05) is 39.4 Å². The molecule has 0 radical (unpaired) electrons. The summed E-state index contributed by atoms with van der Waals surface area (Å²) < 4.78 is 39.4. The molecule has 0 aromatic carbocycles. The maximum atomic E-state index is 12.7. The van der Waals surface area contributed by atoms with E-state index in [2.05, 4.69) is 117 Å². The van der Waals surface area contributed by atoms with Gasteiger partial charge >= 0.3 is 11.9 Å². The molecular weight excluding hydrogens is 790 g/mol. The van der Waals surface area contributed by atoms with E-state index in [1.54, 1.807) is 0 Å². The molecule has 1 aliphatic rings. The monoisotopic (exact) mass is 868 g/mol. The molecule has 1 heterocycles. The Morgan fingerprint density at radius 3 is 1.54 bits per heavy atom.